The van der Waals surface area contributed by atoms with Crippen LogP contribution in [0, 0.1) is 0 Å². The molecule has 1 aliphatic rings. The van der Waals surface area contributed by atoms with Gasteiger partial charge in [0.2, 0.25) is 5.91 Å². The van der Waals surface area contributed by atoms with Crippen molar-refractivity contribution >= 4 is 11.6 Å². The normalized spacial score (nSPS) is 15.8. The van der Waals surface area contributed by atoms with Gasteiger partial charge < -0.3 is 19.9 Å². The number of carbonyl (C=O) groups excluding carboxylic acids is 1. The van der Waals surface area contributed by atoms with E-state index in [1.807, 2.05) is 57.4 Å². The minimum Gasteiger partial charge on any atom is -0.492 e. The first kappa shape index (κ1) is 22.1. The number of carbonyl (C=O) groups is 1. The van der Waals surface area contributed by atoms with Gasteiger partial charge >= 0.3 is 0 Å². The lowest BCUT2D eigenvalue weighted by atomic mass is 10.1. The van der Waals surface area contributed by atoms with Gasteiger partial charge in [0, 0.05) is 32.7 Å². The highest BCUT2D eigenvalue weighted by atomic mass is 16.5. The minimum atomic E-state index is 0.0842. The summed E-state index contributed by atoms with van der Waals surface area (Å²) in [5.41, 5.74) is 2.35. The highest BCUT2D eigenvalue weighted by Gasteiger charge is 2.22. The fraction of sp³-hybridized carbons (Fsp3) is 0.458. The molecule has 1 unspecified atom stereocenters. The molecule has 0 radical (unpaired) electrons. The molecule has 162 valence electrons. The molecule has 6 nitrogen and oxygen atoms in total. The standard InChI is InChI=1S/C24H34N4O2/c1-4-30-23-13-9-8-12-21(23)28-16-14-27(15-17-28)19-24(29)25-18-22(26(2)3)20-10-6-5-7-11-20/h5-13,22H,4,14-19H2,1-3H3,(H,25,29). The van der Waals surface area contributed by atoms with Crippen molar-refractivity contribution in [3.8, 4) is 5.75 Å². The van der Waals surface area contributed by atoms with Crippen LogP contribution in [0.4, 0.5) is 5.69 Å². The zero-order valence-corrected chi connectivity index (χ0v) is 18.4. The number of nitrogens with zero attached hydrogens (tertiary/aromatic N) is 3. The van der Waals surface area contributed by atoms with E-state index in [1.54, 1.807) is 0 Å². The molecule has 1 saturated heterocycles. The summed E-state index contributed by atoms with van der Waals surface area (Å²) >= 11 is 0. The zero-order chi connectivity index (χ0) is 21.3. The molecule has 1 amide bonds. The van der Waals surface area contributed by atoms with Crippen molar-refractivity contribution in [1.29, 1.82) is 0 Å². The van der Waals surface area contributed by atoms with Gasteiger partial charge in [-0.05, 0) is 38.7 Å². The topological polar surface area (TPSA) is 48.1 Å². The van der Waals surface area contributed by atoms with Gasteiger partial charge in [0.15, 0.2) is 0 Å². The van der Waals surface area contributed by atoms with Gasteiger partial charge in [-0.2, -0.15) is 0 Å². The Hall–Kier alpha value is -2.57. The molecule has 0 spiro atoms. The predicted molar refractivity (Wildman–Crippen MR) is 122 cm³/mol. The first-order valence-corrected chi connectivity index (χ1v) is 10.8. The summed E-state index contributed by atoms with van der Waals surface area (Å²) in [6, 6.07) is 18.7. The number of rotatable bonds is 9. The molecule has 1 atom stereocenters. The summed E-state index contributed by atoms with van der Waals surface area (Å²) in [4.78, 5) is 19.3. The van der Waals surface area contributed by atoms with Gasteiger partial charge in [0.1, 0.15) is 5.75 Å². The van der Waals surface area contributed by atoms with Crippen LogP contribution in [-0.2, 0) is 4.79 Å². The molecule has 2 aromatic rings. The summed E-state index contributed by atoms with van der Waals surface area (Å²) in [5.74, 6) is 1.02. The Kier molecular flexibility index (Phi) is 8.11. The van der Waals surface area contributed by atoms with E-state index < -0.39 is 0 Å². The second kappa shape index (κ2) is 11.0. The maximum absolute atomic E-state index is 12.6. The Morgan fingerprint density at radius 3 is 2.37 bits per heavy atom. The molecular formula is C24H34N4O2. The average Bonchev–Trinajstić information content (AvgIpc) is 2.76. The quantitative estimate of drug-likeness (QED) is 0.689. The van der Waals surface area contributed by atoms with Gasteiger partial charge in [-0.25, -0.2) is 0 Å². The van der Waals surface area contributed by atoms with Gasteiger partial charge in [0.05, 0.1) is 24.9 Å². The first-order chi connectivity index (χ1) is 14.6. The fourth-order valence-electron chi connectivity index (χ4n) is 3.89. The van der Waals surface area contributed by atoms with Crippen molar-refractivity contribution < 1.29 is 9.53 Å². The SMILES string of the molecule is CCOc1ccccc1N1CCN(CC(=O)NCC(c2ccccc2)N(C)C)CC1. The Morgan fingerprint density at radius 2 is 1.70 bits per heavy atom. The van der Waals surface area contributed by atoms with Crippen molar-refractivity contribution in [1.82, 2.24) is 15.1 Å². The lowest BCUT2D eigenvalue weighted by molar-refractivity contribution is -0.122. The third-order valence-corrected chi connectivity index (χ3v) is 5.55. The average molecular weight is 411 g/mol. The predicted octanol–water partition coefficient (Wildman–Crippen LogP) is 2.63. The van der Waals surface area contributed by atoms with Crippen molar-refractivity contribution in [2.45, 2.75) is 13.0 Å². The van der Waals surface area contributed by atoms with Crippen molar-refractivity contribution in [2.24, 2.45) is 0 Å². The minimum absolute atomic E-state index is 0.0842. The number of hydrogen-bond donors (Lipinski definition) is 1. The van der Waals surface area contributed by atoms with Crippen molar-refractivity contribution in [2.75, 3.05) is 64.9 Å². The summed E-state index contributed by atoms with van der Waals surface area (Å²) in [6.07, 6.45) is 0. The molecule has 0 saturated carbocycles. The molecular weight excluding hydrogens is 376 g/mol. The van der Waals surface area contributed by atoms with Crippen LogP contribution < -0.4 is 15.0 Å². The molecule has 3 rings (SSSR count). The van der Waals surface area contributed by atoms with Gasteiger partial charge in [-0.3, -0.25) is 9.69 Å². The van der Waals surface area contributed by atoms with Gasteiger partial charge in [-0.1, -0.05) is 42.5 Å². The van der Waals surface area contributed by atoms with Crippen LogP contribution >= 0.6 is 0 Å². The highest BCUT2D eigenvalue weighted by molar-refractivity contribution is 5.78. The summed E-state index contributed by atoms with van der Waals surface area (Å²) in [5, 5.41) is 3.12. The van der Waals surface area contributed by atoms with Crippen LogP contribution in [0.1, 0.15) is 18.5 Å². The Bertz CT molecular complexity index is 789. The van der Waals surface area contributed by atoms with Gasteiger partial charge in [0.25, 0.3) is 0 Å². The maximum atomic E-state index is 12.6. The number of hydrogen-bond acceptors (Lipinski definition) is 5. The molecule has 1 fully saturated rings. The molecule has 0 aromatic heterocycles. The highest BCUT2D eigenvalue weighted by Crippen LogP contribution is 2.28. The van der Waals surface area contributed by atoms with Crippen molar-refractivity contribution in [3.63, 3.8) is 0 Å². The number of amides is 1. The summed E-state index contributed by atoms with van der Waals surface area (Å²) in [7, 11) is 4.09. The molecule has 1 heterocycles. The number of ether oxygens (including phenoxy) is 1. The van der Waals surface area contributed by atoms with E-state index in [1.165, 1.54) is 5.56 Å². The molecule has 1 N–H and O–H groups in total. The van der Waals surface area contributed by atoms with Crippen LogP contribution in [0.2, 0.25) is 0 Å². The lowest BCUT2D eigenvalue weighted by Gasteiger charge is -2.36. The molecule has 2 aromatic carbocycles. The second-order valence-corrected chi connectivity index (χ2v) is 7.86. The van der Waals surface area contributed by atoms with E-state index in [0.717, 1.165) is 37.6 Å². The Balaban J connectivity index is 1.47. The van der Waals surface area contributed by atoms with E-state index in [4.69, 9.17) is 4.74 Å². The molecule has 6 heteroatoms. The Morgan fingerprint density at radius 1 is 1.03 bits per heavy atom. The lowest BCUT2D eigenvalue weighted by Crippen LogP contribution is -2.50. The van der Waals surface area contributed by atoms with Crippen LogP contribution in [-0.4, -0.2) is 75.7 Å². The van der Waals surface area contributed by atoms with Crippen LogP contribution in [0.25, 0.3) is 0 Å². The maximum Gasteiger partial charge on any atom is 0.234 e. The third kappa shape index (κ3) is 5.97. The van der Waals surface area contributed by atoms with Crippen LogP contribution in [0.3, 0.4) is 0 Å². The Labute approximate surface area is 180 Å². The zero-order valence-electron chi connectivity index (χ0n) is 18.4. The van der Waals surface area contributed by atoms with E-state index in [9.17, 15) is 4.79 Å². The summed E-state index contributed by atoms with van der Waals surface area (Å²) in [6.45, 7) is 7.23. The number of piperazine rings is 1. The molecule has 1 aliphatic heterocycles. The number of benzene rings is 2. The number of anilines is 1. The van der Waals surface area contributed by atoms with E-state index in [2.05, 4.69) is 38.2 Å². The van der Waals surface area contributed by atoms with E-state index >= 15 is 0 Å². The third-order valence-electron chi connectivity index (χ3n) is 5.55. The number of likely N-dealkylation sites (N-methyl/N-ethyl adjacent to an activating group) is 1. The van der Waals surface area contributed by atoms with E-state index in [0.29, 0.717) is 19.7 Å². The monoisotopic (exact) mass is 410 g/mol. The molecule has 0 aliphatic carbocycles. The van der Waals surface area contributed by atoms with Crippen LogP contribution in [0.15, 0.2) is 54.6 Å². The largest absolute Gasteiger partial charge is 0.492 e. The molecule has 30 heavy (non-hydrogen) atoms. The number of para-hydroxylation sites is 2. The van der Waals surface area contributed by atoms with Crippen molar-refractivity contribution in [3.05, 3.63) is 60.2 Å². The van der Waals surface area contributed by atoms with E-state index in [-0.39, 0.29) is 11.9 Å². The van der Waals surface area contributed by atoms with Gasteiger partial charge in [-0.15, -0.1) is 0 Å². The second-order valence-electron chi connectivity index (χ2n) is 7.86. The first-order valence-electron chi connectivity index (χ1n) is 10.8. The number of nitrogens with one attached hydrogen (secondary N) is 1. The smallest absolute Gasteiger partial charge is 0.234 e. The molecule has 0 bridgehead atoms. The summed E-state index contributed by atoms with van der Waals surface area (Å²) < 4.78 is 5.77. The fourth-order valence-corrected chi connectivity index (χ4v) is 3.89. The van der Waals surface area contributed by atoms with Crippen LogP contribution in [0.5, 0.6) is 5.75 Å².